The molecule has 80 valence electrons. The highest BCUT2D eigenvalue weighted by atomic mass is 79.9. The Morgan fingerprint density at radius 2 is 2.20 bits per heavy atom. The molecule has 0 aromatic heterocycles. The first-order chi connectivity index (χ1) is 7.00. The summed E-state index contributed by atoms with van der Waals surface area (Å²) in [4.78, 5) is 13.3. The van der Waals surface area contributed by atoms with Crippen LogP contribution in [-0.2, 0) is 4.74 Å². The average molecular weight is 270 g/mol. The van der Waals surface area contributed by atoms with Gasteiger partial charge < -0.3 is 4.74 Å². The molecule has 0 aliphatic carbocycles. The third-order valence-electron chi connectivity index (χ3n) is 2.40. The number of carbonyl (C=O) groups excluding carboxylic acids is 1. The average Bonchev–Trinajstić information content (AvgIpc) is 2.40. The number of hydrogen-bond acceptors (Lipinski definition) is 2. The summed E-state index contributed by atoms with van der Waals surface area (Å²) in [5.74, 6) is 0. The van der Waals surface area contributed by atoms with Gasteiger partial charge in [0.25, 0.3) is 0 Å². The van der Waals surface area contributed by atoms with Gasteiger partial charge in [-0.25, -0.2) is 4.79 Å². The molecular weight excluding hydrogens is 258 g/mol. The van der Waals surface area contributed by atoms with E-state index in [0.717, 1.165) is 10.2 Å². The molecule has 1 heterocycles. The summed E-state index contributed by atoms with van der Waals surface area (Å²) < 4.78 is 6.00. The van der Waals surface area contributed by atoms with Crippen molar-refractivity contribution < 1.29 is 9.53 Å². The van der Waals surface area contributed by atoms with Crippen molar-refractivity contribution in [1.82, 2.24) is 0 Å². The molecule has 0 N–H and O–H groups in total. The molecule has 1 aliphatic rings. The lowest BCUT2D eigenvalue weighted by Gasteiger charge is -2.27. The molecule has 0 bridgehead atoms. The van der Waals surface area contributed by atoms with Gasteiger partial charge in [-0.15, -0.1) is 0 Å². The van der Waals surface area contributed by atoms with Gasteiger partial charge in [0.15, 0.2) is 0 Å². The van der Waals surface area contributed by atoms with Crippen molar-refractivity contribution in [3.05, 3.63) is 28.7 Å². The number of hydrogen-bond donors (Lipinski definition) is 0. The van der Waals surface area contributed by atoms with Gasteiger partial charge in [-0.2, -0.15) is 0 Å². The second-order valence-electron chi connectivity index (χ2n) is 4.18. The van der Waals surface area contributed by atoms with Gasteiger partial charge in [-0.1, -0.05) is 22.0 Å². The minimum Gasteiger partial charge on any atom is -0.447 e. The molecule has 15 heavy (non-hydrogen) atoms. The van der Waals surface area contributed by atoms with E-state index in [2.05, 4.69) is 15.9 Å². The fourth-order valence-electron chi connectivity index (χ4n) is 1.68. The van der Waals surface area contributed by atoms with E-state index in [0.29, 0.717) is 6.61 Å². The standard InChI is InChI=1S/C11H12BrNO2/c1-11(2)7-15-10(14)13(11)9-5-3-4-8(12)6-9/h3-6H,7H2,1-2H3. The van der Waals surface area contributed by atoms with Gasteiger partial charge >= 0.3 is 6.09 Å². The number of anilines is 1. The van der Waals surface area contributed by atoms with Crippen LogP contribution in [0.1, 0.15) is 13.8 Å². The molecule has 1 saturated heterocycles. The third-order valence-corrected chi connectivity index (χ3v) is 2.90. The quantitative estimate of drug-likeness (QED) is 0.784. The number of cyclic esters (lactones) is 1. The first kappa shape index (κ1) is 10.5. The van der Waals surface area contributed by atoms with E-state index >= 15 is 0 Å². The molecule has 3 nitrogen and oxygen atoms in total. The molecule has 0 atom stereocenters. The predicted molar refractivity (Wildman–Crippen MR) is 62.0 cm³/mol. The minimum absolute atomic E-state index is 0.280. The molecule has 0 unspecified atom stereocenters. The number of carbonyl (C=O) groups is 1. The molecular formula is C11H12BrNO2. The van der Waals surface area contributed by atoms with Crippen LogP contribution in [0.4, 0.5) is 10.5 Å². The van der Waals surface area contributed by atoms with Crippen LogP contribution in [0.25, 0.3) is 0 Å². The maximum absolute atomic E-state index is 11.6. The first-order valence-corrected chi connectivity index (χ1v) is 5.52. The third kappa shape index (κ3) is 1.86. The molecule has 2 rings (SSSR count). The maximum Gasteiger partial charge on any atom is 0.414 e. The Bertz CT molecular complexity index is 403. The van der Waals surface area contributed by atoms with E-state index in [-0.39, 0.29) is 11.6 Å². The normalized spacial score (nSPS) is 19.1. The summed E-state index contributed by atoms with van der Waals surface area (Å²) >= 11 is 3.39. The molecule has 0 radical (unpaired) electrons. The number of ether oxygens (including phenoxy) is 1. The highest BCUT2D eigenvalue weighted by Gasteiger charge is 2.40. The summed E-state index contributed by atoms with van der Waals surface area (Å²) in [7, 11) is 0. The minimum atomic E-state index is -0.280. The van der Waals surface area contributed by atoms with Crippen LogP contribution in [0, 0.1) is 0 Å². The van der Waals surface area contributed by atoms with Crippen LogP contribution >= 0.6 is 15.9 Å². The summed E-state index contributed by atoms with van der Waals surface area (Å²) in [5.41, 5.74) is 0.578. The SMILES string of the molecule is CC1(C)COC(=O)N1c1cccc(Br)c1. The van der Waals surface area contributed by atoms with Crippen molar-refractivity contribution in [1.29, 1.82) is 0 Å². The van der Waals surface area contributed by atoms with E-state index in [1.165, 1.54) is 0 Å². The first-order valence-electron chi connectivity index (χ1n) is 4.73. The van der Waals surface area contributed by atoms with E-state index in [9.17, 15) is 4.79 Å². The number of amides is 1. The highest BCUT2D eigenvalue weighted by Crippen LogP contribution is 2.31. The van der Waals surface area contributed by atoms with Crippen molar-refractivity contribution in [2.24, 2.45) is 0 Å². The maximum atomic E-state index is 11.6. The molecule has 1 aliphatic heterocycles. The fourth-order valence-corrected chi connectivity index (χ4v) is 2.07. The van der Waals surface area contributed by atoms with Crippen molar-refractivity contribution >= 4 is 27.7 Å². The van der Waals surface area contributed by atoms with Crippen molar-refractivity contribution in [2.75, 3.05) is 11.5 Å². The molecule has 1 amide bonds. The fraction of sp³-hybridized carbons (Fsp3) is 0.364. The van der Waals surface area contributed by atoms with Gasteiger partial charge in [0.05, 0.1) is 5.54 Å². The smallest absolute Gasteiger partial charge is 0.414 e. The summed E-state index contributed by atoms with van der Waals surface area (Å²) in [6, 6.07) is 7.65. The highest BCUT2D eigenvalue weighted by molar-refractivity contribution is 9.10. The van der Waals surface area contributed by atoms with Gasteiger partial charge in [-0.3, -0.25) is 4.90 Å². The zero-order valence-electron chi connectivity index (χ0n) is 8.66. The van der Waals surface area contributed by atoms with Crippen LogP contribution in [0.3, 0.4) is 0 Å². The summed E-state index contributed by atoms with van der Waals surface area (Å²) in [6.45, 7) is 4.40. The van der Waals surface area contributed by atoms with Crippen LogP contribution in [-0.4, -0.2) is 18.2 Å². The summed E-state index contributed by atoms with van der Waals surface area (Å²) in [5, 5.41) is 0. The summed E-state index contributed by atoms with van der Waals surface area (Å²) in [6.07, 6.45) is -0.280. The zero-order chi connectivity index (χ0) is 11.1. The zero-order valence-corrected chi connectivity index (χ0v) is 10.2. The van der Waals surface area contributed by atoms with Crippen molar-refractivity contribution in [3.8, 4) is 0 Å². The lowest BCUT2D eigenvalue weighted by Crippen LogP contribution is -2.42. The Morgan fingerprint density at radius 1 is 1.47 bits per heavy atom. The Morgan fingerprint density at radius 3 is 2.73 bits per heavy atom. The van der Waals surface area contributed by atoms with Gasteiger partial charge in [0.1, 0.15) is 6.61 Å². The number of rotatable bonds is 1. The lowest BCUT2D eigenvalue weighted by molar-refractivity contribution is 0.175. The Hall–Kier alpha value is -1.03. The van der Waals surface area contributed by atoms with Gasteiger partial charge in [-0.05, 0) is 32.0 Å². The largest absolute Gasteiger partial charge is 0.447 e. The number of halogens is 1. The van der Waals surface area contributed by atoms with Gasteiger partial charge in [0.2, 0.25) is 0 Å². The molecule has 0 saturated carbocycles. The predicted octanol–water partition coefficient (Wildman–Crippen LogP) is 3.18. The molecule has 0 spiro atoms. The van der Waals surface area contributed by atoms with E-state index in [1.54, 1.807) is 4.90 Å². The molecule has 1 aromatic rings. The van der Waals surface area contributed by atoms with Crippen LogP contribution < -0.4 is 4.90 Å². The van der Waals surface area contributed by atoms with Crippen molar-refractivity contribution in [3.63, 3.8) is 0 Å². The Kier molecular flexibility index (Phi) is 2.46. The topological polar surface area (TPSA) is 29.5 Å². The van der Waals surface area contributed by atoms with E-state index in [4.69, 9.17) is 4.74 Å². The molecule has 1 aromatic carbocycles. The van der Waals surface area contributed by atoms with E-state index in [1.807, 2.05) is 38.1 Å². The number of benzene rings is 1. The molecule has 4 heteroatoms. The lowest BCUT2D eigenvalue weighted by atomic mass is 10.1. The van der Waals surface area contributed by atoms with Crippen LogP contribution in [0.2, 0.25) is 0 Å². The van der Waals surface area contributed by atoms with E-state index < -0.39 is 0 Å². The number of nitrogens with zero attached hydrogens (tertiary/aromatic N) is 1. The van der Waals surface area contributed by atoms with Crippen LogP contribution in [0.5, 0.6) is 0 Å². The second-order valence-corrected chi connectivity index (χ2v) is 5.10. The van der Waals surface area contributed by atoms with Crippen molar-refractivity contribution in [2.45, 2.75) is 19.4 Å². The second kappa shape index (κ2) is 3.52. The Labute approximate surface area is 97.2 Å². The Balaban J connectivity index is 2.41. The molecule has 1 fully saturated rings. The monoisotopic (exact) mass is 269 g/mol. The van der Waals surface area contributed by atoms with Gasteiger partial charge in [0, 0.05) is 10.2 Å². The van der Waals surface area contributed by atoms with Crippen LogP contribution in [0.15, 0.2) is 28.7 Å².